The molecule has 1 heterocycles. The monoisotopic (exact) mass is 409 g/mol. The van der Waals surface area contributed by atoms with E-state index >= 15 is 0 Å². The molecule has 3 aromatic rings. The van der Waals surface area contributed by atoms with Crippen LogP contribution in [-0.2, 0) is 0 Å². The number of benzene rings is 2. The van der Waals surface area contributed by atoms with Crippen LogP contribution < -0.4 is 10.6 Å². The van der Waals surface area contributed by atoms with Gasteiger partial charge in [-0.1, -0.05) is 18.2 Å². The van der Waals surface area contributed by atoms with E-state index in [2.05, 4.69) is 20.7 Å². The van der Waals surface area contributed by atoms with Crippen LogP contribution in [0.5, 0.6) is 0 Å². The molecular weight excluding hydrogens is 385 g/mol. The number of hydrogen-bond acceptors (Lipinski definition) is 4. The van der Waals surface area contributed by atoms with Gasteiger partial charge in [0.25, 0.3) is 0 Å². The minimum absolute atomic E-state index is 0.0472. The number of rotatable bonds is 4. The molecule has 3 N–H and O–H groups in total. The van der Waals surface area contributed by atoms with E-state index in [1.807, 2.05) is 41.9 Å². The molecule has 4 rings (SSSR count). The van der Waals surface area contributed by atoms with Gasteiger partial charge in [0.2, 0.25) is 0 Å². The van der Waals surface area contributed by atoms with Crippen molar-refractivity contribution in [2.45, 2.75) is 44.2 Å². The molecule has 1 fully saturated rings. The maximum atomic E-state index is 13.0. The molecule has 1 aromatic heterocycles. The van der Waals surface area contributed by atoms with Crippen molar-refractivity contribution >= 4 is 11.7 Å². The lowest BCUT2D eigenvalue weighted by atomic mass is 9.83. The molecular formula is C22H24FN5O2. The lowest BCUT2D eigenvalue weighted by molar-refractivity contribution is 0.0864. The normalized spacial score (nSPS) is 21.2. The zero-order valence-corrected chi connectivity index (χ0v) is 16.6. The number of urea groups is 1. The van der Waals surface area contributed by atoms with Gasteiger partial charge in [0.15, 0.2) is 0 Å². The number of carbonyl (C=O) groups excluding carboxylic acids is 1. The van der Waals surface area contributed by atoms with Crippen LogP contribution in [0.2, 0.25) is 0 Å². The largest absolute Gasteiger partial charge is 0.391 e. The summed E-state index contributed by atoms with van der Waals surface area (Å²) >= 11 is 0. The Balaban J connectivity index is 1.47. The topological polar surface area (TPSA) is 92.1 Å². The van der Waals surface area contributed by atoms with Crippen LogP contribution in [0.3, 0.4) is 0 Å². The number of aliphatic hydroxyl groups is 1. The smallest absolute Gasteiger partial charge is 0.319 e. The van der Waals surface area contributed by atoms with Gasteiger partial charge in [-0.15, -0.1) is 0 Å². The molecule has 8 heteroatoms. The third kappa shape index (κ3) is 4.49. The summed E-state index contributed by atoms with van der Waals surface area (Å²) < 4.78 is 14.9. The van der Waals surface area contributed by atoms with Gasteiger partial charge in [0.1, 0.15) is 17.5 Å². The second-order valence-electron chi connectivity index (χ2n) is 7.55. The molecule has 156 valence electrons. The molecule has 7 nitrogen and oxygen atoms in total. The summed E-state index contributed by atoms with van der Waals surface area (Å²) in [6, 6.07) is 14.5. The molecule has 0 aliphatic heterocycles. The van der Waals surface area contributed by atoms with Gasteiger partial charge in [0, 0.05) is 11.6 Å². The molecule has 2 amide bonds. The van der Waals surface area contributed by atoms with E-state index < -0.39 is 18.2 Å². The van der Waals surface area contributed by atoms with E-state index in [1.165, 1.54) is 24.3 Å². The molecule has 1 aliphatic rings. The Morgan fingerprint density at radius 3 is 2.60 bits per heavy atom. The number of aliphatic hydroxyl groups excluding tert-OH is 1. The van der Waals surface area contributed by atoms with Crippen LogP contribution in [0.1, 0.15) is 36.8 Å². The molecule has 0 saturated heterocycles. The number of nitrogens with zero attached hydrogens (tertiary/aromatic N) is 3. The third-order valence-electron chi connectivity index (χ3n) is 5.34. The number of nitrogens with one attached hydrogen (secondary N) is 2. The van der Waals surface area contributed by atoms with Gasteiger partial charge in [-0.2, -0.15) is 5.10 Å². The highest BCUT2D eigenvalue weighted by atomic mass is 19.1. The first-order chi connectivity index (χ1) is 14.5. The van der Waals surface area contributed by atoms with Crippen LogP contribution in [0.4, 0.5) is 14.9 Å². The highest BCUT2D eigenvalue weighted by Gasteiger charge is 2.34. The summed E-state index contributed by atoms with van der Waals surface area (Å²) in [4.78, 5) is 17.0. The van der Waals surface area contributed by atoms with Gasteiger partial charge in [-0.3, -0.25) is 0 Å². The molecule has 1 saturated carbocycles. The fourth-order valence-electron chi connectivity index (χ4n) is 3.87. The second kappa shape index (κ2) is 8.62. The van der Waals surface area contributed by atoms with Crippen LogP contribution in [0.15, 0.2) is 54.6 Å². The highest BCUT2D eigenvalue weighted by molar-refractivity contribution is 5.89. The Bertz CT molecular complexity index is 1010. The van der Waals surface area contributed by atoms with Crippen molar-refractivity contribution < 1.29 is 14.3 Å². The van der Waals surface area contributed by atoms with Crippen LogP contribution in [0.25, 0.3) is 5.69 Å². The van der Waals surface area contributed by atoms with Gasteiger partial charge in [-0.25, -0.2) is 18.9 Å². The van der Waals surface area contributed by atoms with E-state index in [0.717, 1.165) is 17.9 Å². The lowest BCUT2D eigenvalue weighted by Gasteiger charge is -2.33. The van der Waals surface area contributed by atoms with Crippen molar-refractivity contribution in [3.05, 3.63) is 72.1 Å². The van der Waals surface area contributed by atoms with E-state index in [9.17, 15) is 14.3 Å². The van der Waals surface area contributed by atoms with Gasteiger partial charge in [-0.05, 0) is 62.6 Å². The SMILES string of the molecule is Cc1nc([C@H]2CC[C@@H](O)[C@H](NC(=O)Nc3ccc(F)cc3)C2)n(-c2ccccc2)n1. The van der Waals surface area contributed by atoms with E-state index in [0.29, 0.717) is 24.4 Å². The number of para-hydroxylation sites is 1. The predicted molar refractivity (Wildman–Crippen MR) is 111 cm³/mol. The predicted octanol–water partition coefficient (Wildman–Crippen LogP) is 3.53. The summed E-state index contributed by atoms with van der Waals surface area (Å²) in [6.45, 7) is 1.85. The summed E-state index contributed by atoms with van der Waals surface area (Å²) in [5, 5.41) is 20.5. The summed E-state index contributed by atoms with van der Waals surface area (Å²) in [5.74, 6) is 1.19. The van der Waals surface area contributed by atoms with Crippen molar-refractivity contribution in [2.75, 3.05) is 5.32 Å². The maximum absolute atomic E-state index is 13.0. The molecule has 0 bridgehead atoms. The fraction of sp³-hybridized carbons (Fsp3) is 0.318. The number of halogens is 1. The van der Waals surface area contributed by atoms with Gasteiger partial charge < -0.3 is 15.7 Å². The van der Waals surface area contributed by atoms with Crippen LogP contribution in [-0.4, -0.2) is 38.0 Å². The Morgan fingerprint density at radius 2 is 1.87 bits per heavy atom. The van der Waals surface area contributed by atoms with E-state index in [1.54, 1.807) is 0 Å². The standard InChI is InChI=1S/C22H24FN5O2/c1-14-24-21(28(27-14)18-5-3-2-4-6-18)15-7-12-20(29)19(13-15)26-22(30)25-17-10-8-16(23)9-11-17/h2-6,8-11,15,19-20,29H,7,12-13H2,1H3,(H2,25,26,30)/t15-,19+,20+/m0/s1. The minimum atomic E-state index is -0.644. The first-order valence-electron chi connectivity index (χ1n) is 10.00. The van der Waals surface area contributed by atoms with Crippen molar-refractivity contribution in [3.8, 4) is 5.69 Å². The van der Waals surface area contributed by atoms with E-state index in [4.69, 9.17) is 0 Å². The first kappa shape index (κ1) is 20.0. The van der Waals surface area contributed by atoms with Crippen LogP contribution in [0, 0.1) is 12.7 Å². The Morgan fingerprint density at radius 1 is 1.13 bits per heavy atom. The number of carbonyl (C=O) groups is 1. The Kier molecular flexibility index (Phi) is 5.76. The summed E-state index contributed by atoms with van der Waals surface area (Å²) in [7, 11) is 0. The van der Waals surface area contributed by atoms with Crippen molar-refractivity contribution in [1.82, 2.24) is 20.1 Å². The number of amides is 2. The number of aromatic nitrogens is 3. The third-order valence-corrected chi connectivity index (χ3v) is 5.34. The van der Waals surface area contributed by atoms with E-state index in [-0.39, 0.29) is 11.7 Å². The summed E-state index contributed by atoms with van der Waals surface area (Å²) in [5.41, 5.74) is 1.41. The lowest BCUT2D eigenvalue weighted by Crippen LogP contribution is -2.48. The molecule has 0 spiro atoms. The van der Waals surface area contributed by atoms with Crippen LogP contribution >= 0.6 is 0 Å². The molecule has 0 unspecified atom stereocenters. The summed E-state index contributed by atoms with van der Waals surface area (Å²) in [6.07, 6.45) is 1.20. The van der Waals surface area contributed by atoms with Gasteiger partial charge >= 0.3 is 6.03 Å². The molecule has 3 atom stereocenters. The Hall–Kier alpha value is -3.26. The van der Waals surface area contributed by atoms with Crippen molar-refractivity contribution in [2.24, 2.45) is 0 Å². The molecule has 1 aliphatic carbocycles. The first-order valence-corrected chi connectivity index (χ1v) is 10.00. The average Bonchev–Trinajstić information content (AvgIpc) is 3.14. The second-order valence-corrected chi connectivity index (χ2v) is 7.55. The number of anilines is 1. The van der Waals surface area contributed by atoms with Crippen molar-refractivity contribution in [3.63, 3.8) is 0 Å². The average molecular weight is 409 g/mol. The highest BCUT2D eigenvalue weighted by Crippen LogP contribution is 2.33. The number of hydrogen-bond donors (Lipinski definition) is 3. The number of aryl methyl sites for hydroxylation is 1. The quantitative estimate of drug-likeness (QED) is 0.615. The molecule has 0 radical (unpaired) electrons. The zero-order chi connectivity index (χ0) is 21.1. The zero-order valence-electron chi connectivity index (χ0n) is 16.6. The Labute approximate surface area is 174 Å². The molecule has 2 aromatic carbocycles. The maximum Gasteiger partial charge on any atom is 0.319 e. The van der Waals surface area contributed by atoms with Gasteiger partial charge in [0.05, 0.1) is 17.8 Å². The fourth-order valence-corrected chi connectivity index (χ4v) is 3.87. The minimum Gasteiger partial charge on any atom is -0.391 e. The molecule has 30 heavy (non-hydrogen) atoms. The van der Waals surface area contributed by atoms with Crippen molar-refractivity contribution in [1.29, 1.82) is 0 Å².